The molecule has 1 aromatic rings. The average Bonchev–Trinajstić information content (AvgIpc) is 2.64. The van der Waals surface area contributed by atoms with Crippen molar-refractivity contribution in [3.8, 4) is 0 Å². The predicted octanol–water partition coefficient (Wildman–Crippen LogP) is 2.17. The Morgan fingerprint density at radius 1 is 1.32 bits per heavy atom. The molecule has 1 aromatic heterocycles. The average molecular weight is 345 g/mol. The van der Waals surface area contributed by atoms with E-state index < -0.39 is 0 Å². The zero-order chi connectivity index (χ0) is 18.1. The summed E-state index contributed by atoms with van der Waals surface area (Å²) < 4.78 is 5.87. The molecule has 1 aliphatic carbocycles. The fraction of sp³-hybridized carbons (Fsp3) is 0.526. The first-order chi connectivity index (χ1) is 12.1. The topological polar surface area (TPSA) is 80.3 Å². The number of ether oxygens (including phenoxy) is 1. The molecule has 0 aliphatic heterocycles. The van der Waals surface area contributed by atoms with Gasteiger partial charge in [0.05, 0.1) is 18.3 Å². The minimum Gasteiger partial charge on any atom is -0.376 e. The third kappa shape index (κ3) is 6.31. The molecule has 0 radical (unpaired) electrons. The van der Waals surface area contributed by atoms with Crippen LogP contribution in [0.2, 0.25) is 0 Å². The van der Waals surface area contributed by atoms with Crippen LogP contribution in [0.5, 0.6) is 0 Å². The molecule has 2 rings (SSSR count). The summed E-state index contributed by atoms with van der Waals surface area (Å²) in [5, 5.41) is 5.35. The van der Waals surface area contributed by atoms with Crippen LogP contribution in [0.15, 0.2) is 24.5 Å². The van der Waals surface area contributed by atoms with Gasteiger partial charge in [0.1, 0.15) is 0 Å². The van der Waals surface area contributed by atoms with Gasteiger partial charge in [-0.15, -0.1) is 0 Å². The second-order valence-electron chi connectivity index (χ2n) is 6.38. The predicted molar refractivity (Wildman–Crippen MR) is 97.0 cm³/mol. The Kier molecular flexibility index (Phi) is 7.60. The lowest BCUT2D eigenvalue weighted by atomic mass is 9.88. The maximum Gasteiger partial charge on any atom is 0.252 e. The van der Waals surface area contributed by atoms with Crippen molar-refractivity contribution in [3.05, 3.63) is 35.7 Å². The zero-order valence-corrected chi connectivity index (χ0v) is 15.0. The molecule has 0 spiro atoms. The number of carbonyl (C=O) groups is 2. The molecule has 25 heavy (non-hydrogen) atoms. The highest BCUT2D eigenvalue weighted by atomic mass is 16.5. The molecule has 0 unspecified atom stereocenters. The van der Waals surface area contributed by atoms with Gasteiger partial charge in [-0.1, -0.05) is 19.8 Å². The zero-order valence-electron chi connectivity index (χ0n) is 15.0. The number of aromatic nitrogens is 1. The Morgan fingerprint density at radius 3 is 2.88 bits per heavy atom. The van der Waals surface area contributed by atoms with Gasteiger partial charge in [-0.05, 0) is 36.5 Å². The van der Waals surface area contributed by atoms with Gasteiger partial charge in [0.15, 0.2) is 0 Å². The normalized spacial score (nSPS) is 20.4. The van der Waals surface area contributed by atoms with E-state index in [1.165, 1.54) is 31.5 Å². The largest absolute Gasteiger partial charge is 0.376 e. The Balaban J connectivity index is 1.72. The van der Waals surface area contributed by atoms with Gasteiger partial charge in [0.2, 0.25) is 5.91 Å². The number of carbonyl (C=O) groups excluding carboxylic acids is 2. The lowest BCUT2D eigenvalue weighted by molar-refractivity contribution is -0.116. The van der Waals surface area contributed by atoms with Gasteiger partial charge in [-0.3, -0.25) is 14.6 Å². The van der Waals surface area contributed by atoms with Crippen LogP contribution in [0.1, 0.15) is 48.5 Å². The summed E-state index contributed by atoms with van der Waals surface area (Å²) in [6, 6.07) is 1.68. The SMILES string of the molecule is CNC(=O)c1cncc(/C=C\C(=O)NCCO[C@@H]2CCCC[C@H]2C)c1. The second-order valence-corrected chi connectivity index (χ2v) is 6.38. The number of amides is 2. The molecule has 1 saturated carbocycles. The Labute approximate surface area is 149 Å². The monoisotopic (exact) mass is 345 g/mol. The van der Waals surface area contributed by atoms with E-state index in [1.807, 2.05) is 0 Å². The number of pyridine rings is 1. The molecule has 6 nitrogen and oxygen atoms in total. The molecule has 2 amide bonds. The molecule has 1 heterocycles. The summed E-state index contributed by atoms with van der Waals surface area (Å²) in [6.07, 6.45) is 11.3. The van der Waals surface area contributed by atoms with E-state index in [2.05, 4.69) is 22.5 Å². The molecule has 0 bridgehead atoms. The van der Waals surface area contributed by atoms with E-state index in [4.69, 9.17) is 4.74 Å². The first kappa shape index (κ1) is 19.1. The number of hydrogen-bond donors (Lipinski definition) is 2. The fourth-order valence-electron chi connectivity index (χ4n) is 2.96. The van der Waals surface area contributed by atoms with Crippen LogP contribution in [0.25, 0.3) is 6.08 Å². The number of rotatable bonds is 7. The molecule has 2 atom stereocenters. The van der Waals surface area contributed by atoms with Crippen LogP contribution in [-0.4, -0.2) is 43.1 Å². The van der Waals surface area contributed by atoms with E-state index in [0.29, 0.717) is 36.3 Å². The van der Waals surface area contributed by atoms with Gasteiger partial charge in [-0.25, -0.2) is 0 Å². The van der Waals surface area contributed by atoms with Crippen LogP contribution >= 0.6 is 0 Å². The third-order valence-electron chi connectivity index (χ3n) is 4.44. The van der Waals surface area contributed by atoms with Crippen molar-refractivity contribution in [3.63, 3.8) is 0 Å². The standard InChI is InChI=1S/C19H27N3O3/c1-14-5-3-4-6-17(14)25-10-9-22-18(23)8-7-15-11-16(13-21-12-15)19(24)20-2/h7-8,11-14,17H,3-6,9-10H2,1-2H3,(H,20,24)(H,22,23)/b8-7-/t14-,17-/m1/s1. The van der Waals surface area contributed by atoms with Gasteiger partial charge < -0.3 is 15.4 Å². The summed E-state index contributed by atoms with van der Waals surface area (Å²) in [6.45, 7) is 3.25. The summed E-state index contributed by atoms with van der Waals surface area (Å²) in [4.78, 5) is 27.4. The molecule has 0 saturated heterocycles. The van der Waals surface area contributed by atoms with Crippen LogP contribution in [0.3, 0.4) is 0 Å². The van der Waals surface area contributed by atoms with Crippen LogP contribution in [-0.2, 0) is 9.53 Å². The molecule has 1 aliphatic rings. The summed E-state index contributed by atoms with van der Waals surface area (Å²) in [7, 11) is 1.56. The fourth-order valence-corrected chi connectivity index (χ4v) is 2.96. The van der Waals surface area contributed by atoms with Crippen molar-refractivity contribution in [2.45, 2.75) is 38.7 Å². The molecule has 0 aromatic carbocycles. The molecular formula is C19H27N3O3. The van der Waals surface area contributed by atoms with Crippen molar-refractivity contribution in [2.24, 2.45) is 5.92 Å². The highest BCUT2D eigenvalue weighted by Crippen LogP contribution is 2.25. The Hall–Kier alpha value is -2.21. The van der Waals surface area contributed by atoms with E-state index in [1.54, 1.807) is 25.4 Å². The smallest absolute Gasteiger partial charge is 0.252 e. The summed E-state index contributed by atoms with van der Waals surface area (Å²) in [5.41, 5.74) is 1.16. The number of nitrogens with zero attached hydrogens (tertiary/aromatic N) is 1. The lowest BCUT2D eigenvalue weighted by Crippen LogP contribution is -2.31. The van der Waals surface area contributed by atoms with E-state index >= 15 is 0 Å². The van der Waals surface area contributed by atoms with E-state index in [-0.39, 0.29) is 11.8 Å². The summed E-state index contributed by atoms with van der Waals surface area (Å²) in [5.74, 6) is 0.205. The number of nitrogens with one attached hydrogen (secondary N) is 2. The van der Waals surface area contributed by atoms with Crippen molar-refractivity contribution in [1.82, 2.24) is 15.6 Å². The van der Waals surface area contributed by atoms with Crippen molar-refractivity contribution < 1.29 is 14.3 Å². The Bertz CT molecular complexity index is 616. The quantitative estimate of drug-likeness (QED) is 0.586. The van der Waals surface area contributed by atoms with Crippen molar-refractivity contribution in [1.29, 1.82) is 0 Å². The molecule has 1 fully saturated rings. The van der Waals surface area contributed by atoms with Crippen molar-refractivity contribution in [2.75, 3.05) is 20.2 Å². The second kappa shape index (κ2) is 9.93. The molecular weight excluding hydrogens is 318 g/mol. The van der Waals surface area contributed by atoms with E-state index in [0.717, 1.165) is 6.42 Å². The highest BCUT2D eigenvalue weighted by Gasteiger charge is 2.21. The van der Waals surface area contributed by atoms with Gasteiger partial charge in [0, 0.05) is 32.1 Å². The Morgan fingerprint density at radius 2 is 2.12 bits per heavy atom. The van der Waals surface area contributed by atoms with Gasteiger partial charge >= 0.3 is 0 Å². The minimum atomic E-state index is -0.207. The van der Waals surface area contributed by atoms with Crippen LogP contribution < -0.4 is 10.6 Å². The first-order valence-corrected chi connectivity index (χ1v) is 8.85. The van der Waals surface area contributed by atoms with Gasteiger partial charge in [0.25, 0.3) is 5.91 Å². The lowest BCUT2D eigenvalue weighted by Gasteiger charge is -2.28. The highest BCUT2D eigenvalue weighted by molar-refractivity contribution is 5.95. The maximum absolute atomic E-state index is 11.9. The van der Waals surface area contributed by atoms with Crippen LogP contribution in [0, 0.1) is 5.92 Å². The van der Waals surface area contributed by atoms with E-state index in [9.17, 15) is 9.59 Å². The van der Waals surface area contributed by atoms with Crippen molar-refractivity contribution >= 4 is 17.9 Å². The molecule has 2 N–H and O–H groups in total. The minimum absolute atomic E-state index is 0.189. The molecule has 136 valence electrons. The summed E-state index contributed by atoms with van der Waals surface area (Å²) >= 11 is 0. The first-order valence-electron chi connectivity index (χ1n) is 8.85. The third-order valence-corrected chi connectivity index (χ3v) is 4.44. The van der Waals surface area contributed by atoms with Crippen LogP contribution in [0.4, 0.5) is 0 Å². The molecule has 6 heteroatoms. The maximum atomic E-state index is 11.9. The van der Waals surface area contributed by atoms with Gasteiger partial charge in [-0.2, -0.15) is 0 Å². The number of hydrogen-bond acceptors (Lipinski definition) is 4.